The van der Waals surface area contributed by atoms with Crippen LogP contribution in [0, 0.1) is 32.6 Å². The minimum absolute atomic E-state index is 0.00919. The maximum Gasteiger partial charge on any atom is 0.513 e. The van der Waals surface area contributed by atoms with Gasteiger partial charge < -0.3 is 18.9 Å². The number of rotatable bonds is 5. The minimum atomic E-state index is -0.788. The molecule has 2 bridgehead atoms. The molecule has 6 heteroatoms. The van der Waals surface area contributed by atoms with Crippen molar-refractivity contribution < 1.29 is 28.5 Å². The quantitative estimate of drug-likeness (QED) is 0.670. The molecule has 162 valence electrons. The van der Waals surface area contributed by atoms with Gasteiger partial charge in [0.15, 0.2) is 5.78 Å². The molecule has 0 N–H and O–H groups in total. The fourth-order valence-electron chi connectivity index (χ4n) is 5.68. The van der Waals surface area contributed by atoms with Crippen molar-refractivity contribution in [2.24, 2.45) is 11.8 Å². The van der Waals surface area contributed by atoms with Gasteiger partial charge in [-0.05, 0) is 64.2 Å². The molecule has 2 aliphatic heterocycles. The fourth-order valence-corrected chi connectivity index (χ4v) is 5.68. The molecule has 0 amide bonds. The van der Waals surface area contributed by atoms with Crippen LogP contribution in [0.25, 0.3) is 5.57 Å². The number of aryl methyl sites for hydroxylation is 3. The average Bonchev–Trinajstić information content (AvgIpc) is 3.26. The Morgan fingerprint density at radius 1 is 1.23 bits per heavy atom. The summed E-state index contributed by atoms with van der Waals surface area (Å²) in [5.74, 6) is -0.334. The molecule has 2 fully saturated rings. The molecule has 0 unspecified atom stereocenters. The molecule has 1 aliphatic carbocycles. The third kappa shape index (κ3) is 3.17. The molecule has 0 radical (unpaired) electrons. The van der Waals surface area contributed by atoms with Crippen molar-refractivity contribution in [3.8, 4) is 0 Å². The summed E-state index contributed by atoms with van der Waals surface area (Å²) in [6.45, 7) is 9.89. The summed E-state index contributed by atoms with van der Waals surface area (Å²) in [6, 6.07) is 4.10. The van der Waals surface area contributed by atoms with E-state index in [0.717, 1.165) is 35.1 Å². The van der Waals surface area contributed by atoms with Crippen molar-refractivity contribution in [2.45, 2.75) is 65.3 Å². The Morgan fingerprint density at radius 3 is 2.50 bits per heavy atom. The standard InChI is InChI=1S/C24H30O6/c1-12(2)28-23(26)29-22-19(17-14(4)9-13(3)10-15(17)5)21(25)18-16-7-8-24(30-16,11-27-6)20(18)22/h9-10,12,16,18,20H,7-8,11H2,1-6H3/t16-,18-,20+,24-/m0/s1. The number of Topliss-reactive ketones (excluding diaryl/α,β-unsaturated/α-hetero) is 1. The van der Waals surface area contributed by atoms with Crippen molar-refractivity contribution in [1.29, 1.82) is 0 Å². The Morgan fingerprint density at radius 2 is 1.90 bits per heavy atom. The molecule has 2 saturated heterocycles. The first-order valence-electron chi connectivity index (χ1n) is 10.6. The minimum Gasteiger partial charge on any atom is -0.431 e. The van der Waals surface area contributed by atoms with Crippen LogP contribution in [-0.2, 0) is 23.7 Å². The number of ketones is 1. The predicted octanol–water partition coefficient (Wildman–Crippen LogP) is 4.28. The van der Waals surface area contributed by atoms with E-state index < -0.39 is 11.8 Å². The van der Waals surface area contributed by atoms with Crippen LogP contribution in [0.2, 0.25) is 0 Å². The number of fused-ring (bicyclic) bond motifs is 5. The van der Waals surface area contributed by atoms with Gasteiger partial charge in [0.2, 0.25) is 0 Å². The summed E-state index contributed by atoms with van der Waals surface area (Å²) in [5, 5.41) is 0. The number of hydrogen-bond acceptors (Lipinski definition) is 6. The van der Waals surface area contributed by atoms with Gasteiger partial charge >= 0.3 is 6.16 Å². The van der Waals surface area contributed by atoms with E-state index >= 15 is 0 Å². The number of carbonyl (C=O) groups excluding carboxylic acids is 2. The van der Waals surface area contributed by atoms with Crippen LogP contribution in [0.1, 0.15) is 48.9 Å². The van der Waals surface area contributed by atoms with Crippen LogP contribution in [-0.4, -0.2) is 43.5 Å². The topological polar surface area (TPSA) is 71.1 Å². The van der Waals surface area contributed by atoms with E-state index in [-0.39, 0.29) is 29.8 Å². The summed E-state index contributed by atoms with van der Waals surface area (Å²) < 4.78 is 22.8. The molecule has 0 saturated carbocycles. The van der Waals surface area contributed by atoms with Crippen LogP contribution in [0.4, 0.5) is 4.79 Å². The number of benzene rings is 1. The zero-order valence-electron chi connectivity index (χ0n) is 18.5. The van der Waals surface area contributed by atoms with Gasteiger partial charge in [0.05, 0.1) is 36.2 Å². The highest BCUT2D eigenvalue weighted by molar-refractivity contribution is 6.26. The molecule has 6 nitrogen and oxygen atoms in total. The van der Waals surface area contributed by atoms with Crippen LogP contribution in [0.5, 0.6) is 0 Å². The van der Waals surface area contributed by atoms with Crippen LogP contribution in [0.15, 0.2) is 17.9 Å². The summed E-state index contributed by atoms with van der Waals surface area (Å²) in [7, 11) is 1.63. The Labute approximate surface area is 177 Å². The van der Waals surface area contributed by atoms with E-state index in [1.54, 1.807) is 21.0 Å². The molecule has 4 rings (SSSR count). The highest BCUT2D eigenvalue weighted by atomic mass is 16.7. The second-order valence-corrected chi connectivity index (χ2v) is 9.09. The summed E-state index contributed by atoms with van der Waals surface area (Å²) in [6.07, 6.45) is 0.288. The predicted molar refractivity (Wildman–Crippen MR) is 111 cm³/mol. The van der Waals surface area contributed by atoms with Gasteiger partial charge in [-0.2, -0.15) is 0 Å². The zero-order valence-corrected chi connectivity index (χ0v) is 18.5. The van der Waals surface area contributed by atoms with Gasteiger partial charge in [-0.25, -0.2) is 4.79 Å². The largest absolute Gasteiger partial charge is 0.513 e. The van der Waals surface area contributed by atoms with E-state index in [0.29, 0.717) is 17.9 Å². The van der Waals surface area contributed by atoms with Gasteiger partial charge in [0.25, 0.3) is 0 Å². The third-order valence-corrected chi connectivity index (χ3v) is 6.48. The van der Waals surface area contributed by atoms with E-state index in [2.05, 4.69) is 12.1 Å². The van der Waals surface area contributed by atoms with Crippen LogP contribution in [0.3, 0.4) is 0 Å². The van der Waals surface area contributed by atoms with Gasteiger partial charge in [-0.3, -0.25) is 4.79 Å². The summed E-state index contributed by atoms with van der Waals surface area (Å²) in [4.78, 5) is 26.2. The molecule has 0 aromatic heterocycles. The second kappa shape index (κ2) is 7.50. The van der Waals surface area contributed by atoms with Crippen molar-refractivity contribution >= 4 is 17.5 Å². The van der Waals surface area contributed by atoms with Gasteiger partial charge in [0.1, 0.15) is 11.4 Å². The number of carbonyl (C=O) groups is 2. The normalized spacial score (nSPS) is 29.7. The lowest BCUT2D eigenvalue weighted by atomic mass is 9.73. The SMILES string of the molecule is COC[C@]12CC[C@H](O1)[C@@H]1C(=O)C(c3c(C)cc(C)cc3C)=C(OC(=O)OC(C)C)[C@@H]12. The first kappa shape index (κ1) is 21.1. The molecule has 1 aromatic rings. The van der Waals surface area contributed by atoms with E-state index in [1.165, 1.54) is 0 Å². The molecular weight excluding hydrogens is 384 g/mol. The molecule has 0 spiro atoms. The van der Waals surface area contributed by atoms with Crippen molar-refractivity contribution in [3.63, 3.8) is 0 Å². The number of methoxy groups -OCH3 is 1. The number of hydrogen-bond donors (Lipinski definition) is 0. The van der Waals surface area contributed by atoms with Gasteiger partial charge in [0, 0.05) is 7.11 Å². The Bertz CT molecular complexity index is 907. The molecule has 30 heavy (non-hydrogen) atoms. The number of allylic oxidation sites excluding steroid dienone is 1. The first-order chi connectivity index (χ1) is 14.2. The lowest BCUT2D eigenvalue weighted by molar-refractivity contribution is -0.118. The van der Waals surface area contributed by atoms with Gasteiger partial charge in [-0.1, -0.05) is 17.7 Å². The molecule has 3 aliphatic rings. The highest BCUT2D eigenvalue weighted by Crippen LogP contribution is 2.60. The zero-order chi connectivity index (χ0) is 21.8. The monoisotopic (exact) mass is 414 g/mol. The van der Waals surface area contributed by atoms with E-state index in [9.17, 15) is 9.59 Å². The maximum absolute atomic E-state index is 13.7. The number of ether oxygens (including phenoxy) is 4. The van der Waals surface area contributed by atoms with Crippen molar-refractivity contribution in [3.05, 3.63) is 40.1 Å². The Kier molecular flexibility index (Phi) is 5.27. The molecule has 4 atom stereocenters. The first-order valence-corrected chi connectivity index (χ1v) is 10.6. The maximum atomic E-state index is 13.7. The average molecular weight is 414 g/mol. The summed E-state index contributed by atoms with van der Waals surface area (Å²) in [5.41, 5.74) is 3.80. The van der Waals surface area contributed by atoms with Crippen LogP contribution >= 0.6 is 0 Å². The second-order valence-electron chi connectivity index (χ2n) is 9.09. The molecule has 2 heterocycles. The lowest BCUT2D eigenvalue weighted by Gasteiger charge is -2.32. The van der Waals surface area contributed by atoms with E-state index in [1.807, 2.05) is 20.8 Å². The van der Waals surface area contributed by atoms with Crippen molar-refractivity contribution in [1.82, 2.24) is 0 Å². The molecular formula is C24H30O6. The Hall–Kier alpha value is -2.18. The Balaban J connectivity index is 1.88. The third-order valence-electron chi connectivity index (χ3n) is 6.48. The smallest absolute Gasteiger partial charge is 0.431 e. The fraction of sp³-hybridized carbons (Fsp3) is 0.583. The lowest BCUT2D eigenvalue weighted by Crippen LogP contribution is -2.42. The van der Waals surface area contributed by atoms with Crippen LogP contribution < -0.4 is 0 Å². The highest BCUT2D eigenvalue weighted by Gasteiger charge is 2.67. The molecule has 1 aromatic carbocycles. The van der Waals surface area contributed by atoms with Gasteiger partial charge in [-0.15, -0.1) is 0 Å². The van der Waals surface area contributed by atoms with Crippen molar-refractivity contribution in [2.75, 3.05) is 13.7 Å². The summed E-state index contributed by atoms with van der Waals surface area (Å²) >= 11 is 0. The van der Waals surface area contributed by atoms with E-state index in [4.69, 9.17) is 18.9 Å².